The third-order valence-electron chi connectivity index (χ3n) is 4.59. The first kappa shape index (κ1) is 27.4. The number of imidazole rings is 1. The predicted molar refractivity (Wildman–Crippen MR) is 121 cm³/mol. The van der Waals surface area contributed by atoms with Gasteiger partial charge in [-0.2, -0.15) is 11.8 Å². The molecule has 1 aromatic heterocycles. The van der Waals surface area contributed by atoms with E-state index in [0.29, 0.717) is 37.3 Å². The number of thioether (sulfide) groups is 1. The molecule has 1 heterocycles. The second-order valence-corrected chi connectivity index (χ2v) is 8.18. The zero-order valence-corrected chi connectivity index (χ0v) is 19.0. The van der Waals surface area contributed by atoms with Crippen LogP contribution in [0.4, 0.5) is 0 Å². The van der Waals surface area contributed by atoms with E-state index in [1.165, 1.54) is 12.5 Å². The van der Waals surface area contributed by atoms with Crippen LogP contribution in [-0.2, 0) is 25.6 Å². The monoisotopic (exact) mass is 471 g/mol. The van der Waals surface area contributed by atoms with Crippen LogP contribution in [0.25, 0.3) is 0 Å². The largest absolute Gasteiger partial charge is 0.480 e. The van der Waals surface area contributed by atoms with Gasteiger partial charge in [-0.1, -0.05) is 0 Å². The third-order valence-corrected chi connectivity index (χ3v) is 5.23. The maximum Gasteiger partial charge on any atom is 0.326 e. The lowest BCUT2D eigenvalue weighted by atomic mass is 10.1. The molecule has 0 saturated carbocycles. The van der Waals surface area contributed by atoms with E-state index in [1.54, 1.807) is 11.8 Å². The summed E-state index contributed by atoms with van der Waals surface area (Å²) in [6.45, 7) is -0.00585. The van der Waals surface area contributed by atoms with Crippen LogP contribution in [-0.4, -0.2) is 82.0 Å². The highest BCUT2D eigenvalue weighted by Gasteiger charge is 2.25. The fraction of sp³-hybridized carbons (Fsp3) is 0.632. The Bertz CT molecular complexity index is 732. The lowest BCUT2D eigenvalue weighted by Gasteiger charge is -2.20. The van der Waals surface area contributed by atoms with Crippen molar-refractivity contribution in [3.8, 4) is 0 Å². The molecule has 0 aliphatic rings. The van der Waals surface area contributed by atoms with Crippen LogP contribution in [0.15, 0.2) is 12.5 Å². The number of nitrogens with one attached hydrogen (secondary N) is 4. The number of carboxylic acid groups (broad SMARTS) is 1. The summed E-state index contributed by atoms with van der Waals surface area (Å²) < 4.78 is 0. The zero-order chi connectivity index (χ0) is 23.9. The highest BCUT2D eigenvalue weighted by molar-refractivity contribution is 7.98. The van der Waals surface area contributed by atoms with Gasteiger partial charge in [-0.3, -0.25) is 14.4 Å². The number of amides is 3. The first-order chi connectivity index (χ1) is 15.3. The third kappa shape index (κ3) is 10.6. The summed E-state index contributed by atoms with van der Waals surface area (Å²) in [7, 11) is 0. The standard InChI is InChI=1S/C19H33N7O5S/c1-32-7-5-13(21)17(28)26-15(8-12-9-22-11-24-12)18(29)23-10-16(27)25-14(19(30)31)4-2-3-6-20/h9,11,13-15H,2-8,10,20-21H2,1H3,(H,22,24)(H,23,29)(H,25,27)(H,26,28)(H,30,31). The summed E-state index contributed by atoms with van der Waals surface area (Å²) in [6.07, 6.45) is 6.86. The number of carboxylic acids is 1. The molecule has 180 valence electrons. The van der Waals surface area contributed by atoms with Crippen LogP contribution < -0.4 is 27.4 Å². The van der Waals surface area contributed by atoms with E-state index in [2.05, 4.69) is 25.9 Å². The fourth-order valence-electron chi connectivity index (χ4n) is 2.77. The van der Waals surface area contributed by atoms with Gasteiger partial charge in [0.25, 0.3) is 0 Å². The van der Waals surface area contributed by atoms with E-state index in [4.69, 9.17) is 11.5 Å². The Kier molecular flexibility index (Phi) is 13.0. The van der Waals surface area contributed by atoms with Crippen molar-refractivity contribution >= 4 is 35.5 Å². The molecule has 3 atom stereocenters. The van der Waals surface area contributed by atoms with E-state index in [9.17, 15) is 24.3 Å². The number of nitrogens with two attached hydrogens (primary N) is 2. The molecule has 32 heavy (non-hydrogen) atoms. The summed E-state index contributed by atoms with van der Waals surface area (Å²) in [5.41, 5.74) is 11.9. The highest BCUT2D eigenvalue weighted by atomic mass is 32.2. The molecule has 3 unspecified atom stereocenters. The molecule has 0 aromatic carbocycles. The Balaban J connectivity index is 2.67. The Morgan fingerprint density at radius 1 is 1.16 bits per heavy atom. The zero-order valence-electron chi connectivity index (χ0n) is 18.1. The molecular formula is C19H33N7O5S. The van der Waals surface area contributed by atoms with Gasteiger partial charge in [0.2, 0.25) is 17.7 Å². The summed E-state index contributed by atoms with van der Waals surface area (Å²) in [5.74, 6) is -2.20. The summed E-state index contributed by atoms with van der Waals surface area (Å²) in [4.78, 5) is 55.2. The van der Waals surface area contributed by atoms with Gasteiger partial charge in [-0.05, 0) is 44.2 Å². The summed E-state index contributed by atoms with van der Waals surface area (Å²) in [6, 6.07) is -2.83. The van der Waals surface area contributed by atoms with Crippen molar-refractivity contribution in [2.75, 3.05) is 25.1 Å². The SMILES string of the molecule is CSCCC(N)C(=O)NC(Cc1cnc[nH]1)C(=O)NCC(=O)NC(CCCCN)C(=O)O. The van der Waals surface area contributed by atoms with Crippen LogP contribution in [0.1, 0.15) is 31.4 Å². The van der Waals surface area contributed by atoms with E-state index in [-0.39, 0.29) is 12.8 Å². The van der Waals surface area contributed by atoms with Crippen molar-refractivity contribution in [1.82, 2.24) is 25.9 Å². The number of carbonyl (C=O) groups excluding carboxylic acids is 3. The van der Waals surface area contributed by atoms with Crippen LogP contribution in [0.2, 0.25) is 0 Å². The number of H-pyrrole nitrogens is 1. The maximum absolute atomic E-state index is 12.7. The van der Waals surface area contributed by atoms with Crippen molar-refractivity contribution in [1.29, 1.82) is 0 Å². The van der Waals surface area contributed by atoms with Crippen LogP contribution in [0.3, 0.4) is 0 Å². The number of nitrogens with zero attached hydrogens (tertiary/aromatic N) is 1. The number of unbranched alkanes of at least 4 members (excludes halogenated alkanes) is 1. The quantitative estimate of drug-likeness (QED) is 0.137. The van der Waals surface area contributed by atoms with Crippen molar-refractivity contribution in [3.63, 3.8) is 0 Å². The molecule has 3 amide bonds. The number of hydrogen-bond acceptors (Lipinski definition) is 8. The predicted octanol–water partition coefficient (Wildman–Crippen LogP) is -1.67. The van der Waals surface area contributed by atoms with E-state index < -0.39 is 48.4 Å². The lowest BCUT2D eigenvalue weighted by Crippen LogP contribution is -2.54. The van der Waals surface area contributed by atoms with Gasteiger partial charge in [-0.15, -0.1) is 0 Å². The van der Waals surface area contributed by atoms with Gasteiger partial charge in [0.05, 0.1) is 18.9 Å². The molecule has 0 fully saturated rings. The molecule has 1 aromatic rings. The van der Waals surface area contributed by atoms with Crippen molar-refractivity contribution in [2.24, 2.45) is 11.5 Å². The number of aromatic amines is 1. The minimum Gasteiger partial charge on any atom is -0.480 e. The molecule has 0 spiro atoms. The number of aromatic nitrogens is 2. The first-order valence-electron chi connectivity index (χ1n) is 10.3. The summed E-state index contributed by atoms with van der Waals surface area (Å²) >= 11 is 1.56. The molecule has 0 bridgehead atoms. The summed E-state index contributed by atoms with van der Waals surface area (Å²) in [5, 5.41) is 16.7. The number of hydrogen-bond donors (Lipinski definition) is 7. The van der Waals surface area contributed by atoms with Gasteiger partial charge >= 0.3 is 5.97 Å². The second kappa shape index (κ2) is 15.2. The van der Waals surface area contributed by atoms with E-state index >= 15 is 0 Å². The smallest absolute Gasteiger partial charge is 0.326 e. The van der Waals surface area contributed by atoms with Gasteiger partial charge in [0.1, 0.15) is 12.1 Å². The molecular weight excluding hydrogens is 438 g/mol. The van der Waals surface area contributed by atoms with Crippen molar-refractivity contribution < 1.29 is 24.3 Å². The van der Waals surface area contributed by atoms with E-state index in [1.807, 2.05) is 6.26 Å². The van der Waals surface area contributed by atoms with Gasteiger partial charge in [-0.25, -0.2) is 9.78 Å². The Morgan fingerprint density at radius 2 is 1.91 bits per heavy atom. The van der Waals surface area contributed by atoms with Crippen molar-refractivity contribution in [3.05, 3.63) is 18.2 Å². The number of carbonyl (C=O) groups is 4. The second-order valence-electron chi connectivity index (χ2n) is 7.19. The first-order valence-corrected chi connectivity index (χ1v) is 11.7. The molecule has 0 aliphatic carbocycles. The average Bonchev–Trinajstić information content (AvgIpc) is 3.27. The number of aliphatic carboxylic acids is 1. The maximum atomic E-state index is 12.7. The highest BCUT2D eigenvalue weighted by Crippen LogP contribution is 2.03. The average molecular weight is 472 g/mol. The van der Waals surface area contributed by atoms with Crippen molar-refractivity contribution in [2.45, 2.75) is 50.2 Å². The normalized spacial score (nSPS) is 13.6. The van der Waals surface area contributed by atoms with Gasteiger partial charge in [0.15, 0.2) is 0 Å². The molecule has 13 heteroatoms. The Labute approximate surface area is 191 Å². The Morgan fingerprint density at radius 3 is 2.50 bits per heavy atom. The fourth-order valence-corrected chi connectivity index (χ4v) is 3.26. The van der Waals surface area contributed by atoms with Gasteiger partial charge < -0.3 is 37.5 Å². The molecule has 0 radical (unpaired) electrons. The molecule has 0 aliphatic heterocycles. The lowest BCUT2D eigenvalue weighted by molar-refractivity contribution is -0.142. The topological polar surface area (TPSA) is 205 Å². The minimum absolute atomic E-state index is 0.116. The van der Waals surface area contributed by atoms with Crippen LogP contribution in [0.5, 0.6) is 0 Å². The molecule has 12 nitrogen and oxygen atoms in total. The molecule has 9 N–H and O–H groups in total. The van der Waals surface area contributed by atoms with E-state index in [0.717, 1.165) is 0 Å². The van der Waals surface area contributed by atoms with Crippen LogP contribution in [0, 0.1) is 0 Å². The van der Waals surface area contributed by atoms with Crippen LogP contribution >= 0.6 is 11.8 Å². The number of rotatable bonds is 16. The molecule has 0 saturated heterocycles. The molecule has 1 rings (SSSR count). The van der Waals surface area contributed by atoms with Gasteiger partial charge in [0, 0.05) is 18.3 Å². The Hall–Kier alpha value is -2.64. The minimum atomic E-state index is -1.16.